The largest absolute Gasteiger partial charge is 0.471 e. The van der Waals surface area contributed by atoms with Crippen molar-refractivity contribution in [2.24, 2.45) is 0 Å². The molecule has 2 nitrogen and oxygen atoms in total. The zero-order valence-electron chi connectivity index (χ0n) is 11.2. The Kier molecular flexibility index (Phi) is 2.83. The van der Waals surface area contributed by atoms with Crippen LogP contribution in [-0.4, -0.2) is 12.1 Å². The molecule has 21 heavy (non-hydrogen) atoms. The zero-order chi connectivity index (χ0) is 15.3. The van der Waals surface area contributed by atoms with Gasteiger partial charge in [0.25, 0.3) is 0 Å². The third-order valence-corrected chi connectivity index (χ3v) is 3.90. The minimum Gasteiger partial charge on any atom is -0.290 e. The Labute approximate surface area is 119 Å². The molecular formula is C16H12F3NO. The van der Waals surface area contributed by atoms with E-state index in [0.29, 0.717) is 16.8 Å². The fourth-order valence-corrected chi connectivity index (χ4v) is 2.88. The van der Waals surface area contributed by atoms with Crippen LogP contribution < -0.4 is 4.90 Å². The fourth-order valence-electron chi connectivity index (χ4n) is 2.88. The van der Waals surface area contributed by atoms with Gasteiger partial charge in [-0.05, 0) is 18.6 Å². The molecule has 1 aliphatic rings. The van der Waals surface area contributed by atoms with Gasteiger partial charge in [0, 0.05) is 5.56 Å². The lowest BCUT2D eigenvalue weighted by Crippen LogP contribution is -2.60. The molecule has 1 amide bonds. The molecule has 2 aromatic rings. The van der Waals surface area contributed by atoms with Gasteiger partial charge in [-0.2, -0.15) is 13.2 Å². The first-order chi connectivity index (χ1) is 9.87. The molecule has 1 atom stereocenters. The van der Waals surface area contributed by atoms with Crippen LogP contribution in [-0.2, 0) is 10.3 Å². The van der Waals surface area contributed by atoms with Crippen molar-refractivity contribution < 1.29 is 18.0 Å². The third kappa shape index (κ3) is 1.84. The second kappa shape index (κ2) is 4.35. The van der Waals surface area contributed by atoms with Gasteiger partial charge in [0.05, 0.1) is 11.2 Å². The van der Waals surface area contributed by atoms with Gasteiger partial charge in [-0.3, -0.25) is 9.69 Å². The summed E-state index contributed by atoms with van der Waals surface area (Å²) in [5, 5.41) is 0. The topological polar surface area (TPSA) is 20.3 Å². The number of rotatable bonds is 1. The molecule has 1 unspecified atom stereocenters. The molecule has 2 aromatic carbocycles. The number of alkyl halides is 3. The molecule has 108 valence electrons. The smallest absolute Gasteiger partial charge is 0.290 e. The molecule has 0 spiro atoms. The normalized spacial score (nSPS) is 20.7. The fraction of sp³-hybridized carbons (Fsp3) is 0.188. The highest BCUT2D eigenvalue weighted by atomic mass is 19.4. The van der Waals surface area contributed by atoms with Crippen molar-refractivity contribution in [1.29, 1.82) is 0 Å². The number of para-hydroxylation sites is 1. The molecule has 0 aliphatic carbocycles. The van der Waals surface area contributed by atoms with Gasteiger partial charge in [-0.15, -0.1) is 0 Å². The van der Waals surface area contributed by atoms with Crippen molar-refractivity contribution in [2.45, 2.75) is 18.6 Å². The van der Waals surface area contributed by atoms with Crippen LogP contribution in [0.4, 0.5) is 18.9 Å². The summed E-state index contributed by atoms with van der Waals surface area (Å²) in [4.78, 5) is 12.6. The molecule has 0 radical (unpaired) electrons. The quantitative estimate of drug-likeness (QED) is 0.781. The summed E-state index contributed by atoms with van der Waals surface area (Å²) in [6.07, 6.45) is -4.90. The van der Waals surface area contributed by atoms with Crippen LogP contribution in [0.15, 0.2) is 54.6 Å². The summed E-state index contributed by atoms with van der Waals surface area (Å²) in [5.41, 5.74) is 0.589. The van der Waals surface area contributed by atoms with E-state index in [1.807, 2.05) is 0 Å². The lowest BCUT2D eigenvalue weighted by molar-refractivity contribution is -0.172. The van der Waals surface area contributed by atoms with Gasteiger partial charge in [-0.1, -0.05) is 48.5 Å². The van der Waals surface area contributed by atoms with Crippen molar-refractivity contribution in [3.8, 4) is 0 Å². The Morgan fingerprint density at radius 1 is 1.00 bits per heavy atom. The molecule has 0 saturated carbocycles. The maximum Gasteiger partial charge on any atom is 0.471 e. The van der Waals surface area contributed by atoms with Gasteiger partial charge in [0.1, 0.15) is 0 Å². The van der Waals surface area contributed by atoms with E-state index in [1.165, 1.54) is 6.07 Å². The van der Waals surface area contributed by atoms with E-state index in [2.05, 4.69) is 0 Å². The summed E-state index contributed by atoms with van der Waals surface area (Å²) in [6.45, 7) is 1.63. The Bertz CT molecular complexity index is 696. The van der Waals surface area contributed by atoms with E-state index in [1.54, 1.807) is 55.5 Å². The van der Waals surface area contributed by atoms with E-state index in [-0.39, 0.29) is 0 Å². The van der Waals surface area contributed by atoms with Crippen LogP contribution in [0.1, 0.15) is 18.1 Å². The maximum absolute atomic E-state index is 12.9. The number of amides is 1. The van der Waals surface area contributed by atoms with E-state index in [4.69, 9.17) is 0 Å². The number of nitrogens with zero attached hydrogens (tertiary/aromatic N) is 1. The predicted octanol–water partition coefficient (Wildman–Crippen LogP) is 3.86. The molecule has 1 aliphatic heterocycles. The average molecular weight is 291 g/mol. The standard InChI is InChI=1S/C16H12F3NO/c1-15(11-7-3-2-4-8-11)12-9-5-6-10-13(12)20(15)14(21)16(17,18)19/h2-10H,1H3. The first kappa shape index (κ1) is 13.7. The van der Waals surface area contributed by atoms with E-state index in [0.717, 1.165) is 4.90 Å². The van der Waals surface area contributed by atoms with Gasteiger partial charge < -0.3 is 0 Å². The van der Waals surface area contributed by atoms with E-state index < -0.39 is 17.6 Å². The number of hydrogen-bond acceptors (Lipinski definition) is 1. The summed E-state index contributed by atoms with van der Waals surface area (Å²) in [5.74, 6) is -1.84. The molecule has 0 N–H and O–H groups in total. The van der Waals surface area contributed by atoms with Crippen molar-refractivity contribution in [2.75, 3.05) is 4.90 Å². The number of anilines is 1. The Balaban J connectivity index is 2.17. The van der Waals surface area contributed by atoms with E-state index >= 15 is 0 Å². The molecule has 0 saturated heterocycles. The minimum absolute atomic E-state index is 0.311. The molecule has 3 rings (SSSR count). The monoisotopic (exact) mass is 291 g/mol. The molecule has 0 bridgehead atoms. The molecule has 1 heterocycles. The lowest BCUT2D eigenvalue weighted by Gasteiger charge is -2.52. The van der Waals surface area contributed by atoms with Crippen LogP contribution in [0.2, 0.25) is 0 Å². The number of carbonyl (C=O) groups is 1. The zero-order valence-corrected chi connectivity index (χ0v) is 11.2. The Hall–Kier alpha value is -2.30. The first-order valence-electron chi connectivity index (χ1n) is 6.43. The average Bonchev–Trinajstić information content (AvgIpc) is 2.46. The molecule has 0 aromatic heterocycles. The number of carbonyl (C=O) groups excluding carboxylic acids is 1. The van der Waals surface area contributed by atoms with E-state index in [9.17, 15) is 18.0 Å². The lowest BCUT2D eigenvalue weighted by atomic mass is 9.74. The van der Waals surface area contributed by atoms with Crippen molar-refractivity contribution in [1.82, 2.24) is 0 Å². The molecule has 0 fully saturated rings. The predicted molar refractivity (Wildman–Crippen MR) is 72.9 cm³/mol. The number of benzene rings is 2. The van der Waals surface area contributed by atoms with Gasteiger partial charge in [0.15, 0.2) is 0 Å². The van der Waals surface area contributed by atoms with Gasteiger partial charge in [0.2, 0.25) is 0 Å². The summed E-state index contributed by atoms with van der Waals surface area (Å²) in [6, 6.07) is 15.4. The van der Waals surface area contributed by atoms with Crippen LogP contribution in [0, 0.1) is 0 Å². The molecule has 5 heteroatoms. The minimum atomic E-state index is -4.90. The van der Waals surface area contributed by atoms with Crippen LogP contribution >= 0.6 is 0 Å². The summed E-state index contributed by atoms with van der Waals surface area (Å²) in [7, 11) is 0. The summed E-state index contributed by atoms with van der Waals surface area (Å²) >= 11 is 0. The second-order valence-electron chi connectivity index (χ2n) is 5.09. The Morgan fingerprint density at radius 3 is 2.19 bits per heavy atom. The second-order valence-corrected chi connectivity index (χ2v) is 5.09. The van der Waals surface area contributed by atoms with Crippen molar-refractivity contribution >= 4 is 11.6 Å². The highest BCUT2D eigenvalue weighted by molar-refractivity contribution is 6.04. The van der Waals surface area contributed by atoms with Crippen LogP contribution in [0.5, 0.6) is 0 Å². The number of halogens is 3. The third-order valence-electron chi connectivity index (χ3n) is 3.90. The van der Waals surface area contributed by atoms with Crippen LogP contribution in [0.3, 0.4) is 0 Å². The maximum atomic E-state index is 12.9. The van der Waals surface area contributed by atoms with Gasteiger partial charge in [-0.25, -0.2) is 0 Å². The van der Waals surface area contributed by atoms with Crippen molar-refractivity contribution in [3.63, 3.8) is 0 Å². The number of fused-ring (bicyclic) bond motifs is 1. The SMILES string of the molecule is CC1(c2ccccc2)c2ccccc2N1C(=O)C(F)(F)F. The highest BCUT2D eigenvalue weighted by Crippen LogP contribution is 2.52. The number of hydrogen-bond donors (Lipinski definition) is 0. The highest BCUT2D eigenvalue weighted by Gasteiger charge is 2.56. The summed E-state index contributed by atoms with van der Waals surface area (Å²) < 4.78 is 38.6. The van der Waals surface area contributed by atoms with Gasteiger partial charge >= 0.3 is 12.1 Å². The Morgan fingerprint density at radius 2 is 1.57 bits per heavy atom. The molecular weight excluding hydrogens is 279 g/mol. The first-order valence-corrected chi connectivity index (χ1v) is 6.43. The van der Waals surface area contributed by atoms with Crippen molar-refractivity contribution in [3.05, 3.63) is 65.7 Å². The van der Waals surface area contributed by atoms with Crippen LogP contribution in [0.25, 0.3) is 0 Å².